The lowest BCUT2D eigenvalue weighted by Gasteiger charge is -2.20. The highest BCUT2D eigenvalue weighted by Crippen LogP contribution is 2.33. The third-order valence-electron chi connectivity index (χ3n) is 4.89. The van der Waals surface area contributed by atoms with Crippen LogP contribution in [0.3, 0.4) is 0 Å². The molecule has 1 amide bonds. The summed E-state index contributed by atoms with van der Waals surface area (Å²) in [6.45, 7) is 9.35. The second-order valence-electron chi connectivity index (χ2n) is 7.61. The minimum Gasteiger partial charge on any atom is -0.297 e. The third-order valence-corrected chi connectivity index (χ3v) is 5.50. The quantitative estimate of drug-likeness (QED) is 0.435. The zero-order chi connectivity index (χ0) is 21.1. The van der Waals surface area contributed by atoms with Crippen LogP contribution in [0, 0.1) is 5.92 Å². The molecule has 0 bridgehead atoms. The summed E-state index contributed by atoms with van der Waals surface area (Å²) in [6.07, 6.45) is 1.88. The van der Waals surface area contributed by atoms with Crippen molar-refractivity contribution in [2.75, 3.05) is 5.32 Å². The largest absolute Gasteiger partial charge is 0.297 e. The Morgan fingerprint density at radius 3 is 2.67 bits per heavy atom. The van der Waals surface area contributed by atoms with E-state index in [9.17, 15) is 4.79 Å². The van der Waals surface area contributed by atoms with Crippen LogP contribution in [0.25, 0.3) is 10.9 Å². The van der Waals surface area contributed by atoms with E-state index in [1.807, 2.05) is 41.2 Å². The van der Waals surface area contributed by atoms with Crippen LogP contribution in [0.2, 0.25) is 0 Å². The molecule has 0 spiro atoms. The van der Waals surface area contributed by atoms with E-state index in [0.29, 0.717) is 16.6 Å². The molecule has 0 aliphatic rings. The first-order chi connectivity index (χ1) is 14.5. The standard InChI is InChI=1S/C23H23N5OS/c1-15(2)13-28-20-10-9-18(11-19(20)12-25-28)21(17-7-5-4-6-8-17)16(3)22(29)26-23-27-24-14-30-23/h4-12,14-15,21H,3,13H2,1-2H3,(H,26,27,29). The molecule has 0 fully saturated rings. The maximum absolute atomic E-state index is 12.9. The van der Waals surface area contributed by atoms with E-state index in [1.165, 1.54) is 11.3 Å². The molecule has 4 aromatic rings. The summed E-state index contributed by atoms with van der Waals surface area (Å²) in [6, 6.07) is 16.2. The molecular formula is C23H23N5OS. The van der Waals surface area contributed by atoms with E-state index in [1.54, 1.807) is 5.51 Å². The molecule has 30 heavy (non-hydrogen) atoms. The van der Waals surface area contributed by atoms with Crippen molar-refractivity contribution in [2.45, 2.75) is 26.3 Å². The molecule has 2 heterocycles. The summed E-state index contributed by atoms with van der Waals surface area (Å²) in [7, 11) is 0. The van der Waals surface area contributed by atoms with Gasteiger partial charge in [0.25, 0.3) is 5.91 Å². The molecular weight excluding hydrogens is 394 g/mol. The number of amides is 1. The number of fused-ring (bicyclic) bond motifs is 1. The molecule has 1 atom stereocenters. The van der Waals surface area contributed by atoms with Crippen LogP contribution >= 0.6 is 11.3 Å². The molecule has 6 nitrogen and oxygen atoms in total. The van der Waals surface area contributed by atoms with E-state index in [4.69, 9.17) is 0 Å². The van der Waals surface area contributed by atoms with Crippen molar-refractivity contribution in [3.8, 4) is 0 Å². The SMILES string of the molecule is C=C(C(=O)Nc1nncs1)C(c1ccccc1)c1ccc2c(cnn2CC(C)C)c1. The molecule has 0 saturated carbocycles. The van der Waals surface area contributed by atoms with E-state index in [-0.39, 0.29) is 11.8 Å². The van der Waals surface area contributed by atoms with Gasteiger partial charge in [0.15, 0.2) is 0 Å². The van der Waals surface area contributed by atoms with Gasteiger partial charge in [0.05, 0.1) is 11.7 Å². The zero-order valence-corrected chi connectivity index (χ0v) is 17.8. The highest BCUT2D eigenvalue weighted by atomic mass is 32.1. The first-order valence-electron chi connectivity index (χ1n) is 9.79. The average Bonchev–Trinajstić information content (AvgIpc) is 3.38. The molecule has 1 N–H and O–H groups in total. The Balaban J connectivity index is 1.71. The third kappa shape index (κ3) is 4.16. The fraction of sp³-hybridized carbons (Fsp3) is 0.217. The number of aromatic nitrogens is 4. The van der Waals surface area contributed by atoms with Crippen molar-refractivity contribution in [2.24, 2.45) is 5.92 Å². The summed E-state index contributed by atoms with van der Waals surface area (Å²) in [5.41, 5.74) is 5.11. The van der Waals surface area contributed by atoms with Gasteiger partial charge >= 0.3 is 0 Å². The number of benzene rings is 2. The number of hydrogen-bond donors (Lipinski definition) is 1. The molecule has 0 saturated heterocycles. The Bertz CT molecular complexity index is 1170. The van der Waals surface area contributed by atoms with Crippen molar-refractivity contribution in [1.29, 1.82) is 0 Å². The predicted octanol–water partition coefficient (Wildman–Crippen LogP) is 4.87. The summed E-state index contributed by atoms with van der Waals surface area (Å²) in [5.74, 6) is -0.0400. The maximum Gasteiger partial charge on any atom is 0.253 e. The molecule has 2 aromatic carbocycles. The van der Waals surface area contributed by atoms with Crippen molar-refractivity contribution < 1.29 is 4.79 Å². The molecule has 152 valence electrons. The van der Waals surface area contributed by atoms with Gasteiger partial charge in [0.1, 0.15) is 5.51 Å². The van der Waals surface area contributed by atoms with Crippen molar-refractivity contribution in [3.05, 3.63) is 83.5 Å². The lowest BCUT2D eigenvalue weighted by atomic mass is 9.84. The second-order valence-corrected chi connectivity index (χ2v) is 8.44. The zero-order valence-electron chi connectivity index (χ0n) is 16.9. The molecule has 4 rings (SSSR count). The van der Waals surface area contributed by atoms with Gasteiger partial charge in [-0.25, -0.2) is 0 Å². The topological polar surface area (TPSA) is 72.7 Å². The number of carbonyl (C=O) groups is 1. The van der Waals surface area contributed by atoms with Gasteiger partial charge in [-0.05, 0) is 29.2 Å². The molecule has 0 aliphatic carbocycles. The van der Waals surface area contributed by atoms with Gasteiger partial charge in [-0.3, -0.25) is 14.8 Å². The Morgan fingerprint density at radius 2 is 1.97 bits per heavy atom. The van der Waals surface area contributed by atoms with E-state index in [2.05, 4.69) is 59.2 Å². The first kappa shape index (κ1) is 20.0. The number of carbonyl (C=O) groups excluding carboxylic acids is 1. The molecule has 0 aliphatic heterocycles. The van der Waals surface area contributed by atoms with E-state index < -0.39 is 0 Å². The van der Waals surface area contributed by atoms with Crippen LogP contribution in [0.4, 0.5) is 5.13 Å². The highest BCUT2D eigenvalue weighted by molar-refractivity contribution is 7.13. The van der Waals surface area contributed by atoms with Crippen LogP contribution < -0.4 is 5.32 Å². The van der Waals surface area contributed by atoms with Crippen molar-refractivity contribution in [1.82, 2.24) is 20.0 Å². The second kappa shape index (κ2) is 8.59. The van der Waals surface area contributed by atoms with Crippen LogP contribution in [0.15, 0.2) is 72.4 Å². The molecule has 0 radical (unpaired) electrons. The van der Waals surface area contributed by atoms with E-state index >= 15 is 0 Å². The van der Waals surface area contributed by atoms with Gasteiger partial charge in [-0.15, -0.1) is 10.2 Å². The monoisotopic (exact) mass is 417 g/mol. The minimum atomic E-state index is -0.281. The fourth-order valence-electron chi connectivity index (χ4n) is 3.55. The van der Waals surface area contributed by atoms with Gasteiger partial charge in [-0.1, -0.05) is 68.2 Å². The Morgan fingerprint density at radius 1 is 1.17 bits per heavy atom. The van der Waals surface area contributed by atoms with Crippen LogP contribution in [-0.2, 0) is 11.3 Å². The first-order valence-corrected chi connectivity index (χ1v) is 10.7. The predicted molar refractivity (Wildman–Crippen MR) is 121 cm³/mol. The lowest BCUT2D eigenvalue weighted by Crippen LogP contribution is -2.19. The van der Waals surface area contributed by atoms with Crippen LogP contribution in [-0.4, -0.2) is 25.9 Å². The van der Waals surface area contributed by atoms with Crippen LogP contribution in [0.5, 0.6) is 0 Å². The van der Waals surface area contributed by atoms with Gasteiger partial charge < -0.3 is 0 Å². The smallest absolute Gasteiger partial charge is 0.253 e. The van der Waals surface area contributed by atoms with Crippen molar-refractivity contribution in [3.63, 3.8) is 0 Å². The number of nitrogens with zero attached hydrogens (tertiary/aromatic N) is 4. The Labute approximate surface area is 179 Å². The van der Waals surface area contributed by atoms with Gasteiger partial charge in [0, 0.05) is 23.4 Å². The Kier molecular flexibility index (Phi) is 5.72. The summed E-state index contributed by atoms with van der Waals surface area (Å²) in [4.78, 5) is 12.9. The van der Waals surface area contributed by atoms with Crippen molar-refractivity contribution >= 4 is 33.3 Å². The summed E-state index contributed by atoms with van der Waals surface area (Å²) >= 11 is 1.28. The molecule has 1 unspecified atom stereocenters. The maximum atomic E-state index is 12.9. The average molecular weight is 418 g/mol. The number of rotatable bonds is 7. The van der Waals surface area contributed by atoms with Gasteiger partial charge in [0.2, 0.25) is 5.13 Å². The summed E-state index contributed by atoms with van der Waals surface area (Å²) in [5, 5.41) is 16.5. The molecule has 7 heteroatoms. The molecule has 2 aromatic heterocycles. The number of nitrogens with one attached hydrogen (secondary N) is 1. The highest BCUT2D eigenvalue weighted by Gasteiger charge is 2.24. The normalized spacial score (nSPS) is 12.2. The number of hydrogen-bond acceptors (Lipinski definition) is 5. The minimum absolute atomic E-state index is 0.267. The van der Waals surface area contributed by atoms with Gasteiger partial charge in [-0.2, -0.15) is 5.10 Å². The lowest BCUT2D eigenvalue weighted by molar-refractivity contribution is -0.113. The fourth-order valence-corrected chi connectivity index (χ4v) is 3.99. The Hall–Kier alpha value is -3.32. The number of anilines is 1. The summed E-state index contributed by atoms with van der Waals surface area (Å²) < 4.78 is 2.03. The van der Waals surface area contributed by atoms with E-state index in [0.717, 1.165) is 28.6 Å². The van der Waals surface area contributed by atoms with Crippen LogP contribution in [0.1, 0.15) is 30.9 Å².